The molecule has 10 heteroatoms. The molecule has 0 fully saturated rings. The number of methoxy groups -OCH3 is 1. The van der Waals surface area contributed by atoms with E-state index in [4.69, 9.17) is 27.9 Å². The molecule has 3 N–H and O–H groups in total. The van der Waals surface area contributed by atoms with Crippen LogP contribution >= 0.6 is 23.2 Å². The van der Waals surface area contributed by atoms with Gasteiger partial charge in [-0.05, 0) is 61.0 Å². The van der Waals surface area contributed by atoms with Gasteiger partial charge in [-0.1, -0.05) is 41.4 Å². The zero-order valence-corrected chi connectivity index (χ0v) is 20.2. The number of rotatable bonds is 5. The third-order valence-corrected chi connectivity index (χ3v) is 5.94. The molecule has 0 spiro atoms. The van der Waals surface area contributed by atoms with Crippen LogP contribution in [0.2, 0.25) is 10.0 Å². The summed E-state index contributed by atoms with van der Waals surface area (Å²) in [4.78, 5) is 38.7. The Hall–Kier alpha value is -4.01. The van der Waals surface area contributed by atoms with Crippen LogP contribution in [0.3, 0.4) is 0 Å². The van der Waals surface area contributed by atoms with Crippen LogP contribution < -0.4 is 20.8 Å². The Labute approximate surface area is 210 Å². The predicted octanol–water partition coefficient (Wildman–Crippen LogP) is 5.23. The summed E-state index contributed by atoms with van der Waals surface area (Å²) < 4.78 is 6.65. The van der Waals surface area contributed by atoms with E-state index in [0.29, 0.717) is 43.6 Å². The van der Waals surface area contributed by atoms with Gasteiger partial charge in [0.15, 0.2) is 0 Å². The molecule has 0 saturated carbocycles. The predicted molar refractivity (Wildman–Crippen MR) is 137 cm³/mol. The number of carbonyl (C=O) groups is 3. The van der Waals surface area contributed by atoms with E-state index in [-0.39, 0.29) is 5.69 Å². The van der Waals surface area contributed by atoms with Crippen molar-refractivity contribution in [1.82, 2.24) is 4.68 Å². The van der Waals surface area contributed by atoms with Gasteiger partial charge < -0.3 is 15.4 Å². The first-order valence-electron chi connectivity index (χ1n) is 10.4. The molecule has 0 radical (unpaired) electrons. The Kier molecular flexibility index (Phi) is 6.95. The molecule has 3 aromatic carbocycles. The molecule has 1 aromatic heterocycles. The molecule has 0 aliphatic carbocycles. The van der Waals surface area contributed by atoms with E-state index >= 15 is 0 Å². The molecular weight excluding hydrogens is 491 g/mol. The maximum Gasteiger partial charge on any atom is 0.328 e. The number of amides is 3. The number of fused-ring (bicyclic) bond motifs is 1. The molecule has 0 aliphatic rings. The quantitative estimate of drug-likeness (QED) is 0.320. The number of anilines is 2. The number of hydrogen-bond donors (Lipinski definition) is 3. The van der Waals surface area contributed by atoms with Crippen molar-refractivity contribution in [1.29, 1.82) is 0 Å². The lowest BCUT2D eigenvalue weighted by Gasteiger charge is -2.14. The molecule has 0 atom stereocenters. The van der Waals surface area contributed by atoms with E-state index in [1.54, 1.807) is 73.7 Å². The number of nitrogens with zero attached hydrogens (tertiary/aromatic N) is 1. The van der Waals surface area contributed by atoms with Crippen molar-refractivity contribution in [2.24, 2.45) is 0 Å². The minimum absolute atomic E-state index is 0.0829. The van der Waals surface area contributed by atoms with Crippen LogP contribution in [0.5, 0.6) is 5.75 Å². The number of nitrogens with one attached hydrogen (secondary N) is 3. The zero-order valence-electron chi connectivity index (χ0n) is 18.7. The topological polar surface area (TPSA) is 101 Å². The lowest BCUT2D eigenvalue weighted by Crippen LogP contribution is -2.36. The summed E-state index contributed by atoms with van der Waals surface area (Å²) in [5.41, 5.74) is 4.52. The highest BCUT2D eigenvalue weighted by molar-refractivity contribution is 6.43. The van der Waals surface area contributed by atoms with E-state index < -0.39 is 17.7 Å². The van der Waals surface area contributed by atoms with E-state index in [0.717, 1.165) is 0 Å². The van der Waals surface area contributed by atoms with Crippen LogP contribution in [-0.2, 0) is 9.59 Å². The fraction of sp³-hybridized carbons (Fsp3) is 0.0800. The molecule has 0 unspecified atom stereocenters. The van der Waals surface area contributed by atoms with Crippen molar-refractivity contribution in [3.63, 3.8) is 0 Å². The van der Waals surface area contributed by atoms with Crippen LogP contribution in [-0.4, -0.2) is 29.5 Å². The largest absolute Gasteiger partial charge is 0.494 e. The molecule has 0 aliphatic heterocycles. The second-order valence-corrected chi connectivity index (χ2v) is 8.38. The highest BCUT2D eigenvalue weighted by atomic mass is 35.5. The van der Waals surface area contributed by atoms with Crippen LogP contribution in [0.15, 0.2) is 66.7 Å². The number of para-hydroxylation sites is 1. The van der Waals surface area contributed by atoms with Crippen molar-refractivity contribution in [2.75, 3.05) is 23.2 Å². The number of aromatic nitrogens is 1. The average Bonchev–Trinajstić information content (AvgIpc) is 3.22. The first-order valence-corrected chi connectivity index (χ1v) is 11.2. The number of benzene rings is 3. The van der Waals surface area contributed by atoms with Crippen molar-refractivity contribution in [3.8, 4) is 5.75 Å². The van der Waals surface area contributed by atoms with Crippen molar-refractivity contribution in [3.05, 3.63) is 88.0 Å². The maximum absolute atomic E-state index is 13.1. The van der Waals surface area contributed by atoms with Gasteiger partial charge in [0.2, 0.25) is 0 Å². The van der Waals surface area contributed by atoms with Crippen molar-refractivity contribution < 1.29 is 19.1 Å². The molecule has 178 valence electrons. The maximum atomic E-state index is 13.1. The summed E-state index contributed by atoms with van der Waals surface area (Å²) in [7, 11) is 1.47. The highest BCUT2D eigenvalue weighted by Crippen LogP contribution is 2.29. The second-order valence-electron chi connectivity index (χ2n) is 7.53. The van der Waals surface area contributed by atoms with Gasteiger partial charge in [0.25, 0.3) is 5.91 Å². The Bertz CT molecular complexity index is 1450. The van der Waals surface area contributed by atoms with Gasteiger partial charge in [0.05, 0.1) is 7.11 Å². The number of carbonyl (C=O) groups excluding carboxylic acids is 3. The minimum atomic E-state index is -0.992. The van der Waals surface area contributed by atoms with Crippen LogP contribution in [0.4, 0.5) is 11.4 Å². The fourth-order valence-corrected chi connectivity index (χ4v) is 3.78. The summed E-state index contributed by atoms with van der Waals surface area (Å²) in [6.07, 6.45) is 0. The molecule has 3 amide bonds. The smallest absolute Gasteiger partial charge is 0.328 e. The van der Waals surface area contributed by atoms with E-state index in [2.05, 4.69) is 16.1 Å². The summed E-state index contributed by atoms with van der Waals surface area (Å²) in [5, 5.41) is 6.89. The molecule has 4 rings (SSSR count). The second kappa shape index (κ2) is 10.1. The van der Waals surface area contributed by atoms with E-state index in [1.807, 2.05) is 0 Å². The number of ether oxygens (including phenoxy) is 1. The van der Waals surface area contributed by atoms with Crippen molar-refractivity contribution in [2.45, 2.75) is 6.92 Å². The van der Waals surface area contributed by atoms with Gasteiger partial charge in [-0.3, -0.25) is 19.8 Å². The summed E-state index contributed by atoms with van der Waals surface area (Å²) >= 11 is 12.0. The van der Waals surface area contributed by atoms with Gasteiger partial charge in [-0.25, -0.2) is 4.68 Å². The molecule has 1 heterocycles. The van der Waals surface area contributed by atoms with Gasteiger partial charge in [0, 0.05) is 26.8 Å². The van der Waals surface area contributed by atoms with E-state index in [1.165, 1.54) is 11.8 Å². The summed E-state index contributed by atoms with van der Waals surface area (Å²) in [6, 6.07) is 18.3. The molecule has 0 bridgehead atoms. The lowest BCUT2D eigenvalue weighted by molar-refractivity contribution is -0.133. The van der Waals surface area contributed by atoms with Gasteiger partial charge >= 0.3 is 11.8 Å². The molecule has 8 nitrogen and oxygen atoms in total. The summed E-state index contributed by atoms with van der Waals surface area (Å²) in [5.74, 6) is -2.04. The Morgan fingerprint density at radius 3 is 2.31 bits per heavy atom. The number of hydrogen-bond acceptors (Lipinski definition) is 4. The Morgan fingerprint density at radius 1 is 0.886 bits per heavy atom. The monoisotopic (exact) mass is 510 g/mol. The zero-order chi connectivity index (χ0) is 25.1. The third-order valence-electron chi connectivity index (χ3n) is 5.28. The van der Waals surface area contributed by atoms with Gasteiger partial charge in [0.1, 0.15) is 17.0 Å². The molecule has 35 heavy (non-hydrogen) atoms. The summed E-state index contributed by atoms with van der Waals surface area (Å²) in [6.45, 7) is 1.72. The van der Waals surface area contributed by atoms with Crippen molar-refractivity contribution >= 4 is 63.2 Å². The van der Waals surface area contributed by atoms with Crippen LogP contribution in [0, 0.1) is 6.92 Å². The molecular formula is C25H20Cl2N4O4. The highest BCUT2D eigenvalue weighted by Gasteiger charge is 2.23. The van der Waals surface area contributed by atoms with E-state index in [9.17, 15) is 14.4 Å². The normalized spacial score (nSPS) is 10.6. The Morgan fingerprint density at radius 2 is 1.60 bits per heavy atom. The lowest BCUT2D eigenvalue weighted by atomic mass is 10.2. The fourth-order valence-electron chi connectivity index (χ4n) is 3.48. The van der Waals surface area contributed by atoms with Gasteiger partial charge in [-0.15, -0.1) is 0 Å². The third kappa shape index (κ3) is 5.08. The Balaban J connectivity index is 1.67. The number of halogens is 2. The average molecular weight is 511 g/mol. The molecule has 4 aromatic rings. The first-order chi connectivity index (χ1) is 16.8. The van der Waals surface area contributed by atoms with Crippen LogP contribution in [0.25, 0.3) is 10.9 Å². The molecule has 0 saturated heterocycles. The SMILES string of the molecule is COc1cccc2cc(C(=O)Nc3ccc(Cl)cc3)n(NC(=O)C(=O)Nc3cccc(Cl)c3C)c12. The van der Waals surface area contributed by atoms with Gasteiger partial charge in [-0.2, -0.15) is 0 Å². The van der Waals surface area contributed by atoms with Crippen LogP contribution in [0.1, 0.15) is 16.1 Å². The minimum Gasteiger partial charge on any atom is -0.494 e. The standard InChI is InChI=1S/C25H20Cl2N4O4/c1-14-18(27)6-4-7-19(14)29-24(33)25(34)30-31-20(13-15-5-3-8-21(35-2)22(15)31)23(32)28-17-11-9-16(26)10-12-17/h3-13H,1-2H3,(H,28,32)(H,29,33)(H,30,34). The first kappa shape index (κ1) is 24.1.